The van der Waals surface area contributed by atoms with Crippen LogP contribution in [0, 0.1) is 11.6 Å². The Hall–Kier alpha value is -1.60. The minimum Gasteiger partial charge on any atom is -0.427 e. The molecule has 0 saturated carbocycles. The highest BCUT2D eigenvalue weighted by atomic mass is 32.1. The number of aromatic nitrogens is 2. The van der Waals surface area contributed by atoms with Gasteiger partial charge in [-0.05, 0) is 12.1 Å². The van der Waals surface area contributed by atoms with Crippen molar-refractivity contribution in [3.05, 3.63) is 34.8 Å². The molecule has 1 heterocycles. The van der Waals surface area contributed by atoms with Crippen molar-refractivity contribution in [1.29, 1.82) is 0 Å². The molecule has 0 bridgehead atoms. The van der Waals surface area contributed by atoms with Crippen LogP contribution in [0.1, 0.15) is 18.9 Å². The van der Waals surface area contributed by atoms with Gasteiger partial charge in [0.25, 0.3) is 5.19 Å². The van der Waals surface area contributed by atoms with Crippen molar-refractivity contribution in [2.75, 3.05) is 0 Å². The van der Waals surface area contributed by atoms with Crippen molar-refractivity contribution in [2.24, 2.45) is 0 Å². The summed E-state index contributed by atoms with van der Waals surface area (Å²) in [6, 6.07) is 3.44. The van der Waals surface area contributed by atoms with Crippen LogP contribution in [-0.4, -0.2) is 16.2 Å². The fourth-order valence-electron chi connectivity index (χ4n) is 1.29. The molecule has 0 aliphatic rings. The highest BCUT2D eigenvalue weighted by Crippen LogP contribution is 2.27. The molecule has 0 saturated heterocycles. The Kier molecular flexibility index (Phi) is 4.39. The predicted octanol–water partition coefficient (Wildman–Crippen LogP) is 3.11. The van der Waals surface area contributed by atoms with Crippen molar-refractivity contribution in [3.63, 3.8) is 0 Å². The topological polar surface area (TPSA) is 47.0 Å². The quantitative estimate of drug-likeness (QED) is 0.917. The first-order valence-corrected chi connectivity index (χ1v) is 6.55. The number of nitrogens with zero attached hydrogens (tertiary/aromatic N) is 2. The maximum absolute atomic E-state index is 13.4. The van der Waals surface area contributed by atoms with Crippen LogP contribution in [0.2, 0.25) is 0 Å². The summed E-state index contributed by atoms with van der Waals surface area (Å²) < 4.78 is 31.3. The van der Waals surface area contributed by atoms with Crippen LogP contribution in [0.3, 0.4) is 0 Å². The zero-order chi connectivity index (χ0) is 13.8. The minimum absolute atomic E-state index is 0.0686. The summed E-state index contributed by atoms with van der Waals surface area (Å²) >= 11 is 1.22. The van der Waals surface area contributed by atoms with E-state index in [-0.39, 0.29) is 10.9 Å². The monoisotopic (exact) mass is 285 g/mol. The first-order chi connectivity index (χ1) is 9.04. The van der Waals surface area contributed by atoms with Crippen LogP contribution in [0.25, 0.3) is 0 Å². The summed E-state index contributed by atoms with van der Waals surface area (Å²) in [6.45, 7) is 4.61. The normalized spacial score (nSPS) is 11.0. The van der Waals surface area contributed by atoms with Gasteiger partial charge in [-0.15, -0.1) is 5.10 Å². The molecule has 0 aliphatic heterocycles. The van der Waals surface area contributed by atoms with E-state index in [4.69, 9.17) is 4.74 Å². The van der Waals surface area contributed by atoms with Gasteiger partial charge in [0.05, 0.1) is 6.54 Å². The summed E-state index contributed by atoms with van der Waals surface area (Å²) in [6.07, 6.45) is 0. The van der Waals surface area contributed by atoms with Gasteiger partial charge in [0.2, 0.25) is 0 Å². The molecule has 0 spiro atoms. The molecule has 0 radical (unpaired) electrons. The summed E-state index contributed by atoms with van der Waals surface area (Å²) in [5.74, 6) is -1.48. The molecule has 1 aromatic carbocycles. The van der Waals surface area contributed by atoms with Gasteiger partial charge in [0.1, 0.15) is 10.8 Å². The Morgan fingerprint density at radius 3 is 2.79 bits per heavy atom. The number of rotatable bonds is 5. The zero-order valence-corrected chi connectivity index (χ0v) is 11.3. The van der Waals surface area contributed by atoms with E-state index >= 15 is 0 Å². The summed E-state index contributed by atoms with van der Waals surface area (Å²) in [7, 11) is 0. The molecule has 0 unspecified atom stereocenters. The van der Waals surface area contributed by atoms with Crippen molar-refractivity contribution in [1.82, 2.24) is 15.5 Å². The van der Waals surface area contributed by atoms with Gasteiger partial charge >= 0.3 is 0 Å². The Bertz CT molecular complexity index is 560. The molecule has 4 nitrogen and oxygen atoms in total. The molecule has 19 heavy (non-hydrogen) atoms. The Morgan fingerprint density at radius 1 is 1.32 bits per heavy atom. The molecule has 0 atom stereocenters. The minimum atomic E-state index is -0.767. The Labute approximate surface area is 113 Å². The molecule has 102 valence electrons. The lowest BCUT2D eigenvalue weighted by molar-refractivity contribution is 0.431. The number of ether oxygens (including phenoxy) is 1. The van der Waals surface area contributed by atoms with Gasteiger partial charge in [0.15, 0.2) is 11.6 Å². The van der Waals surface area contributed by atoms with Crippen molar-refractivity contribution in [3.8, 4) is 10.9 Å². The van der Waals surface area contributed by atoms with Crippen LogP contribution < -0.4 is 10.1 Å². The first-order valence-electron chi connectivity index (χ1n) is 5.73. The van der Waals surface area contributed by atoms with Crippen molar-refractivity contribution < 1.29 is 13.5 Å². The first kappa shape index (κ1) is 13.8. The number of hydrogen-bond acceptors (Lipinski definition) is 5. The number of hydrogen-bond donors (Lipinski definition) is 1. The summed E-state index contributed by atoms with van der Waals surface area (Å²) in [5, 5.41) is 11.9. The molecule has 0 fully saturated rings. The lowest BCUT2D eigenvalue weighted by atomic mass is 10.3. The largest absolute Gasteiger partial charge is 0.427 e. The standard InChI is InChI=1S/C12H13F2N3OS/c1-7(2)15-6-11-16-17-12(19-11)18-10-4-3-8(13)5-9(10)14/h3-5,7,15H,6H2,1-2H3. The Balaban J connectivity index is 2.03. The van der Waals surface area contributed by atoms with Crippen molar-refractivity contribution in [2.45, 2.75) is 26.4 Å². The van der Waals surface area contributed by atoms with Gasteiger partial charge < -0.3 is 10.1 Å². The maximum Gasteiger partial charge on any atom is 0.299 e. The van der Waals surface area contributed by atoms with E-state index in [9.17, 15) is 8.78 Å². The second kappa shape index (κ2) is 6.03. The van der Waals surface area contributed by atoms with Gasteiger partial charge in [-0.3, -0.25) is 0 Å². The van der Waals surface area contributed by atoms with Crippen LogP contribution in [0.4, 0.5) is 8.78 Å². The lowest BCUT2D eigenvalue weighted by Gasteiger charge is -2.04. The van der Waals surface area contributed by atoms with Crippen LogP contribution in [-0.2, 0) is 6.54 Å². The van der Waals surface area contributed by atoms with Crippen LogP contribution in [0.5, 0.6) is 10.9 Å². The third kappa shape index (κ3) is 3.93. The molecule has 2 aromatic rings. The van der Waals surface area contributed by atoms with Gasteiger partial charge in [-0.2, -0.15) is 0 Å². The van der Waals surface area contributed by atoms with Gasteiger partial charge in [-0.1, -0.05) is 30.3 Å². The second-order valence-corrected chi connectivity index (χ2v) is 5.20. The molecule has 1 N–H and O–H groups in total. The average molecular weight is 285 g/mol. The summed E-state index contributed by atoms with van der Waals surface area (Å²) in [4.78, 5) is 0. The van der Waals surface area contributed by atoms with E-state index in [0.29, 0.717) is 12.6 Å². The zero-order valence-electron chi connectivity index (χ0n) is 10.5. The van der Waals surface area contributed by atoms with E-state index in [2.05, 4.69) is 15.5 Å². The Morgan fingerprint density at radius 2 is 2.11 bits per heavy atom. The SMILES string of the molecule is CC(C)NCc1nnc(Oc2ccc(F)cc2F)s1. The van der Waals surface area contributed by atoms with Crippen molar-refractivity contribution >= 4 is 11.3 Å². The van der Waals surface area contributed by atoms with Gasteiger partial charge in [0, 0.05) is 12.1 Å². The fourth-order valence-corrected chi connectivity index (χ4v) is 1.95. The number of halogens is 2. The van der Waals surface area contributed by atoms with E-state index in [1.54, 1.807) is 0 Å². The molecule has 0 aliphatic carbocycles. The lowest BCUT2D eigenvalue weighted by Crippen LogP contribution is -2.21. The highest BCUT2D eigenvalue weighted by molar-refractivity contribution is 7.13. The molecule has 0 amide bonds. The maximum atomic E-state index is 13.4. The van der Waals surface area contributed by atoms with Crippen LogP contribution in [0.15, 0.2) is 18.2 Å². The van der Waals surface area contributed by atoms with E-state index in [1.807, 2.05) is 13.8 Å². The van der Waals surface area contributed by atoms with Crippen LogP contribution >= 0.6 is 11.3 Å². The second-order valence-electron chi connectivity index (χ2n) is 4.17. The number of nitrogens with one attached hydrogen (secondary N) is 1. The summed E-state index contributed by atoms with van der Waals surface area (Å²) in [5.41, 5.74) is 0. The van der Waals surface area contributed by atoms with E-state index < -0.39 is 11.6 Å². The van der Waals surface area contributed by atoms with E-state index in [0.717, 1.165) is 17.1 Å². The molecular formula is C12H13F2N3OS. The third-order valence-electron chi connectivity index (χ3n) is 2.20. The predicted molar refractivity (Wildman–Crippen MR) is 68.3 cm³/mol. The smallest absolute Gasteiger partial charge is 0.299 e. The molecule has 2 rings (SSSR count). The molecule has 7 heteroatoms. The van der Waals surface area contributed by atoms with E-state index in [1.165, 1.54) is 17.4 Å². The fraction of sp³-hybridized carbons (Fsp3) is 0.333. The molecular weight excluding hydrogens is 272 g/mol. The number of benzene rings is 1. The third-order valence-corrected chi connectivity index (χ3v) is 3.00. The van der Waals surface area contributed by atoms with Gasteiger partial charge in [-0.25, -0.2) is 8.78 Å². The molecule has 1 aromatic heterocycles. The highest BCUT2D eigenvalue weighted by Gasteiger charge is 2.10. The average Bonchev–Trinajstić information content (AvgIpc) is 2.78.